The van der Waals surface area contributed by atoms with E-state index in [-0.39, 0.29) is 17.2 Å². The van der Waals surface area contributed by atoms with Gasteiger partial charge >= 0.3 is 5.97 Å². The Morgan fingerprint density at radius 1 is 1.62 bits per heavy atom. The number of benzene rings is 1. The van der Waals surface area contributed by atoms with Crippen LogP contribution in [0.15, 0.2) is 12.1 Å². The van der Waals surface area contributed by atoms with Gasteiger partial charge in [0.1, 0.15) is 16.6 Å². The van der Waals surface area contributed by atoms with Crippen molar-refractivity contribution in [1.82, 2.24) is 0 Å². The minimum absolute atomic E-state index is 0.0887. The van der Waals surface area contributed by atoms with Crippen LogP contribution in [0.25, 0.3) is 0 Å². The second kappa shape index (κ2) is 5.16. The number of hydrogen-bond acceptors (Lipinski definition) is 2. The fraction of sp³-hybridized carbons (Fsp3) is 0.364. The summed E-state index contributed by atoms with van der Waals surface area (Å²) < 4.78 is 18.2. The molecule has 0 spiro atoms. The Bertz CT molecular complexity index is 406. The van der Waals surface area contributed by atoms with Crippen molar-refractivity contribution in [3.63, 3.8) is 0 Å². The Morgan fingerprint density at radius 3 is 2.75 bits per heavy atom. The third kappa shape index (κ3) is 2.85. The molecule has 0 aliphatic rings. The fourth-order valence-corrected chi connectivity index (χ4v) is 1.51. The maximum absolute atomic E-state index is 13.3. The van der Waals surface area contributed by atoms with Crippen molar-refractivity contribution >= 4 is 17.6 Å². The minimum atomic E-state index is -0.922. The van der Waals surface area contributed by atoms with Gasteiger partial charge in [-0.15, -0.1) is 0 Å². The van der Waals surface area contributed by atoms with Crippen LogP contribution in [0.3, 0.4) is 0 Å². The molecule has 3 nitrogen and oxygen atoms in total. The number of ether oxygens (including phenoxy) is 1. The maximum atomic E-state index is 13.3. The Hall–Kier alpha value is -1.29. The average molecular weight is 247 g/mol. The van der Waals surface area contributed by atoms with Crippen LogP contribution in [0, 0.1) is 11.7 Å². The molecule has 1 aromatic carbocycles. The summed E-state index contributed by atoms with van der Waals surface area (Å²) in [5.74, 6) is -1.89. The van der Waals surface area contributed by atoms with Gasteiger partial charge in [0.25, 0.3) is 0 Å². The van der Waals surface area contributed by atoms with Crippen LogP contribution in [0.1, 0.15) is 12.5 Å². The first kappa shape index (κ1) is 12.8. The highest BCUT2D eigenvalue weighted by Gasteiger charge is 2.15. The van der Waals surface area contributed by atoms with Gasteiger partial charge in [0.15, 0.2) is 0 Å². The molecule has 0 bridgehead atoms. The van der Waals surface area contributed by atoms with E-state index < -0.39 is 17.7 Å². The van der Waals surface area contributed by atoms with E-state index in [1.807, 2.05) is 0 Å². The lowest BCUT2D eigenvalue weighted by molar-refractivity contribution is -0.141. The standard InChI is InChI=1S/C11H12ClFO3/c1-6(11(14)15)3-7-4-8(13)10(12)9(5-7)16-2/h4-6H,3H2,1-2H3,(H,14,15). The second-order valence-corrected chi connectivity index (χ2v) is 3.92. The molecule has 1 aromatic rings. The molecule has 0 heterocycles. The molecule has 1 unspecified atom stereocenters. The first-order valence-corrected chi connectivity index (χ1v) is 5.08. The molecule has 0 amide bonds. The van der Waals surface area contributed by atoms with E-state index in [2.05, 4.69) is 0 Å². The third-order valence-corrected chi connectivity index (χ3v) is 2.60. The first-order valence-electron chi connectivity index (χ1n) is 4.70. The number of carbonyl (C=O) groups is 1. The molecule has 0 saturated heterocycles. The van der Waals surface area contributed by atoms with Crippen molar-refractivity contribution in [3.05, 3.63) is 28.5 Å². The molecule has 1 rings (SSSR count). The Balaban J connectivity index is 2.98. The number of aliphatic carboxylic acids is 1. The van der Waals surface area contributed by atoms with Gasteiger partial charge in [-0.25, -0.2) is 4.39 Å². The smallest absolute Gasteiger partial charge is 0.306 e. The zero-order valence-electron chi connectivity index (χ0n) is 8.96. The Labute approximate surface area is 97.8 Å². The van der Waals surface area contributed by atoms with Gasteiger partial charge < -0.3 is 9.84 Å². The maximum Gasteiger partial charge on any atom is 0.306 e. The summed E-state index contributed by atoms with van der Waals surface area (Å²) in [5.41, 5.74) is 0.550. The summed E-state index contributed by atoms with van der Waals surface area (Å²) in [6.45, 7) is 1.56. The van der Waals surface area contributed by atoms with Crippen LogP contribution in [0.2, 0.25) is 5.02 Å². The first-order chi connectivity index (χ1) is 7.45. The lowest BCUT2D eigenvalue weighted by Crippen LogP contribution is -2.12. The normalized spacial score (nSPS) is 12.2. The number of methoxy groups -OCH3 is 1. The van der Waals surface area contributed by atoms with Gasteiger partial charge in [-0.05, 0) is 24.1 Å². The number of carboxylic acid groups (broad SMARTS) is 1. The summed E-state index contributed by atoms with van der Waals surface area (Å²) >= 11 is 5.65. The van der Waals surface area contributed by atoms with Crippen molar-refractivity contribution in [3.8, 4) is 5.75 Å². The molecule has 0 aromatic heterocycles. The average Bonchev–Trinajstić information content (AvgIpc) is 2.22. The predicted octanol–water partition coefficient (Wildman–Crippen LogP) is 2.75. The highest BCUT2D eigenvalue weighted by atomic mass is 35.5. The molecular formula is C11H12ClFO3. The Kier molecular flexibility index (Phi) is 4.12. The van der Waals surface area contributed by atoms with Crippen molar-refractivity contribution < 1.29 is 19.0 Å². The van der Waals surface area contributed by atoms with Gasteiger partial charge in [0.2, 0.25) is 0 Å². The van der Waals surface area contributed by atoms with Crippen LogP contribution in [-0.2, 0) is 11.2 Å². The van der Waals surface area contributed by atoms with Crippen molar-refractivity contribution in [2.45, 2.75) is 13.3 Å². The molecule has 1 atom stereocenters. The van der Waals surface area contributed by atoms with Gasteiger partial charge in [0, 0.05) is 0 Å². The summed E-state index contributed by atoms with van der Waals surface area (Å²) in [6.07, 6.45) is 0.236. The molecule has 88 valence electrons. The van der Waals surface area contributed by atoms with E-state index >= 15 is 0 Å². The number of rotatable bonds is 4. The molecule has 0 fully saturated rings. The highest BCUT2D eigenvalue weighted by Crippen LogP contribution is 2.29. The molecule has 5 heteroatoms. The van der Waals surface area contributed by atoms with Crippen LogP contribution >= 0.6 is 11.6 Å². The zero-order chi connectivity index (χ0) is 12.3. The van der Waals surface area contributed by atoms with E-state index in [0.29, 0.717) is 5.56 Å². The molecule has 0 aliphatic heterocycles. The summed E-state index contributed by atoms with van der Waals surface area (Å²) in [7, 11) is 1.38. The van der Waals surface area contributed by atoms with Gasteiger partial charge in [0.05, 0.1) is 13.0 Å². The van der Waals surface area contributed by atoms with Gasteiger partial charge in [-0.1, -0.05) is 18.5 Å². The third-order valence-electron chi connectivity index (χ3n) is 2.24. The molecule has 16 heavy (non-hydrogen) atoms. The predicted molar refractivity (Wildman–Crippen MR) is 58.5 cm³/mol. The van der Waals surface area contributed by atoms with E-state index in [1.54, 1.807) is 13.0 Å². The molecule has 1 N–H and O–H groups in total. The van der Waals surface area contributed by atoms with E-state index in [4.69, 9.17) is 21.4 Å². The van der Waals surface area contributed by atoms with E-state index in [0.717, 1.165) is 0 Å². The fourth-order valence-electron chi connectivity index (χ4n) is 1.32. The minimum Gasteiger partial charge on any atom is -0.495 e. The second-order valence-electron chi connectivity index (χ2n) is 3.54. The summed E-state index contributed by atoms with van der Waals surface area (Å²) in [5, 5.41) is 8.65. The topological polar surface area (TPSA) is 46.5 Å². The van der Waals surface area contributed by atoms with Crippen molar-refractivity contribution in [2.24, 2.45) is 5.92 Å². The van der Waals surface area contributed by atoms with E-state index in [1.165, 1.54) is 13.2 Å². The van der Waals surface area contributed by atoms with E-state index in [9.17, 15) is 9.18 Å². The van der Waals surface area contributed by atoms with Crippen LogP contribution in [0.4, 0.5) is 4.39 Å². The van der Waals surface area contributed by atoms with Gasteiger partial charge in [-0.3, -0.25) is 4.79 Å². The van der Waals surface area contributed by atoms with Crippen LogP contribution in [0.5, 0.6) is 5.75 Å². The lowest BCUT2D eigenvalue weighted by Gasteiger charge is -2.10. The monoisotopic (exact) mass is 246 g/mol. The van der Waals surface area contributed by atoms with Crippen molar-refractivity contribution in [2.75, 3.05) is 7.11 Å². The van der Waals surface area contributed by atoms with Crippen LogP contribution < -0.4 is 4.74 Å². The summed E-state index contributed by atoms with van der Waals surface area (Å²) in [6, 6.07) is 2.77. The van der Waals surface area contributed by atoms with Crippen LogP contribution in [-0.4, -0.2) is 18.2 Å². The molecule has 0 aliphatic carbocycles. The molecular weight excluding hydrogens is 235 g/mol. The molecule has 0 radical (unpaired) electrons. The lowest BCUT2D eigenvalue weighted by atomic mass is 10.0. The largest absolute Gasteiger partial charge is 0.495 e. The zero-order valence-corrected chi connectivity index (χ0v) is 9.71. The quantitative estimate of drug-likeness (QED) is 0.889. The number of hydrogen-bond donors (Lipinski definition) is 1. The molecule has 0 saturated carbocycles. The number of halogens is 2. The van der Waals surface area contributed by atoms with Gasteiger partial charge in [-0.2, -0.15) is 0 Å². The summed E-state index contributed by atoms with van der Waals surface area (Å²) in [4.78, 5) is 10.7. The Morgan fingerprint density at radius 2 is 2.25 bits per heavy atom. The number of carboxylic acids is 1. The van der Waals surface area contributed by atoms with Crippen molar-refractivity contribution in [1.29, 1.82) is 0 Å². The highest BCUT2D eigenvalue weighted by molar-refractivity contribution is 6.32. The SMILES string of the molecule is COc1cc(CC(C)C(=O)O)cc(F)c1Cl.